The molecule has 1 fully saturated rings. The predicted molar refractivity (Wildman–Crippen MR) is 98.2 cm³/mol. The molecule has 128 valence electrons. The summed E-state index contributed by atoms with van der Waals surface area (Å²) in [6.07, 6.45) is 3.77. The van der Waals surface area contributed by atoms with E-state index in [1.54, 1.807) is 10.9 Å². The van der Waals surface area contributed by atoms with Crippen molar-refractivity contribution in [2.45, 2.75) is 38.9 Å². The first-order valence-electron chi connectivity index (χ1n) is 7.84. The lowest BCUT2D eigenvalue weighted by Crippen LogP contribution is -2.06. The van der Waals surface area contributed by atoms with Gasteiger partial charge in [-0.3, -0.25) is 5.10 Å². The van der Waals surface area contributed by atoms with E-state index in [-0.39, 0.29) is 12.2 Å². The van der Waals surface area contributed by atoms with Gasteiger partial charge in [-0.1, -0.05) is 0 Å². The number of aromatic nitrogens is 3. The molecular formula is C16H19BrN4O2S. The summed E-state index contributed by atoms with van der Waals surface area (Å²) < 4.78 is 14.3. The minimum Gasteiger partial charge on any atom is -0.490 e. The van der Waals surface area contributed by atoms with Gasteiger partial charge in [0, 0.05) is 6.61 Å². The van der Waals surface area contributed by atoms with Crippen LogP contribution in [-0.2, 0) is 4.74 Å². The summed E-state index contributed by atoms with van der Waals surface area (Å²) in [5.41, 5.74) is 0.930. The van der Waals surface area contributed by atoms with Gasteiger partial charge in [-0.25, -0.2) is 0 Å². The highest BCUT2D eigenvalue weighted by molar-refractivity contribution is 9.10. The molecule has 0 saturated carbocycles. The summed E-state index contributed by atoms with van der Waals surface area (Å²) in [5.74, 6) is 1.52. The molecule has 0 radical (unpaired) electrons. The maximum atomic E-state index is 5.71. The van der Waals surface area contributed by atoms with Gasteiger partial charge < -0.3 is 9.47 Å². The molecule has 24 heavy (non-hydrogen) atoms. The molecule has 0 bridgehead atoms. The highest BCUT2D eigenvalue weighted by atomic mass is 79.9. The molecule has 1 aromatic heterocycles. The SMILES string of the molecule is CC(C)Oc1ccc(/C=N\n2c(C3CCCO3)n[nH]c2=S)cc1Br. The molecule has 2 aromatic rings. The van der Waals surface area contributed by atoms with Crippen molar-refractivity contribution >= 4 is 34.4 Å². The molecule has 0 spiro atoms. The topological polar surface area (TPSA) is 64.4 Å². The standard InChI is InChI=1S/C16H19BrN4O2S/c1-10(2)23-13-6-5-11(8-12(13)17)9-18-21-15(19-20-16(21)24)14-4-3-7-22-14/h5-6,8-10,14H,3-4,7H2,1-2H3,(H,20,24)/b18-9-. The van der Waals surface area contributed by atoms with Crippen LogP contribution in [0.3, 0.4) is 0 Å². The van der Waals surface area contributed by atoms with E-state index in [9.17, 15) is 0 Å². The molecular weight excluding hydrogens is 392 g/mol. The van der Waals surface area contributed by atoms with Crippen LogP contribution in [-0.4, -0.2) is 33.8 Å². The van der Waals surface area contributed by atoms with Gasteiger partial charge in [-0.2, -0.15) is 14.9 Å². The third-order valence-electron chi connectivity index (χ3n) is 3.53. The number of nitrogens with one attached hydrogen (secondary N) is 1. The molecule has 6 nitrogen and oxygen atoms in total. The largest absolute Gasteiger partial charge is 0.490 e. The van der Waals surface area contributed by atoms with Crippen LogP contribution in [0.25, 0.3) is 0 Å². The summed E-state index contributed by atoms with van der Waals surface area (Å²) in [7, 11) is 0. The van der Waals surface area contributed by atoms with Crippen LogP contribution < -0.4 is 4.74 Å². The smallest absolute Gasteiger partial charge is 0.216 e. The number of rotatable bonds is 5. The van der Waals surface area contributed by atoms with Crippen LogP contribution in [0.15, 0.2) is 27.8 Å². The van der Waals surface area contributed by atoms with E-state index >= 15 is 0 Å². The van der Waals surface area contributed by atoms with E-state index < -0.39 is 0 Å². The van der Waals surface area contributed by atoms with E-state index in [1.807, 2.05) is 32.0 Å². The molecule has 1 unspecified atom stereocenters. The van der Waals surface area contributed by atoms with Gasteiger partial charge in [-0.15, -0.1) is 0 Å². The van der Waals surface area contributed by atoms with Crippen LogP contribution in [0.1, 0.15) is 44.2 Å². The lowest BCUT2D eigenvalue weighted by Gasteiger charge is -2.11. The number of hydrogen-bond donors (Lipinski definition) is 1. The van der Waals surface area contributed by atoms with Gasteiger partial charge >= 0.3 is 0 Å². The average molecular weight is 411 g/mol. The molecule has 1 aromatic carbocycles. The number of ether oxygens (including phenoxy) is 2. The quantitative estimate of drug-likeness (QED) is 0.591. The lowest BCUT2D eigenvalue weighted by atomic mass is 10.2. The summed E-state index contributed by atoms with van der Waals surface area (Å²) in [6.45, 7) is 4.74. The summed E-state index contributed by atoms with van der Waals surface area (Å²) in [4.78, 5) is 0. The zero-order valence-electron chi connectivity index (χ0n) is 13.5. The maximum Gasteiger partial charge on any atom is 0.216 e. The molecule has 8 heteroatoms. The van der Waals surface area contributed by atoms with Crippen molar-refractivity contribution in [3.63, 3.8) is 0 Å². The molecule has 1 atom stereocenters. The van der Waals surface area contributed by atoms with Gasteiger partial charge in [0.1, 0.15) is 11.9 Å². The van der Waals surface area contributed by atoms with Gasteiger partial charge in [0.15, 0.2) is 5.82 Å². The van der Waals surface area contributed by atoms with Crippen LogP contribution >= 0.6 is 28.1 Å². The van der Waals surface area contributed by atoms with Gasteiger partial charge in [-0.05, 0) is 78.6 Å². The van der Waals surface area contributed by atoms with Crippen molar-refractivity contribution in [3.8, 4) is 5.75 Å². The highest BCUT2D eigenvalue weighted by Gasteiger charge is 2.23. The Balaban J connectivity index is 1.82. The first-order valence-corrected chi connectivity index (χ1v) is 9.04. The number of halogens is 1. The molecule has 1 aliphatic heterocycles. The Morgan fingerprint density at radius 1 is 1.54 bits per heavy atom. The second kappa shape index (κ2) is 7.58. The van der Waals surface area contributed by atoms with Crippen molar-refractivity contribution in [2.75, 3.05) is 6.61 Å². The summed E-state index contributed by atoms with van der Waals surface area (Å²) in [5, 5.41) is 11.5. The Morgan fingerprint density at radius 3 is 3.04 bits per heavy atom. The van der Waals surface area contributed by atoms with Gasteiger partial charge in [0.2, 0.25) is 4.77 Å². The Bertz CT molecular complexity index is 794. The molecule has 3 rings (SSSR count). The fourth-order valence-corrected chi connectivity index (χ4v) is 3.15. The van der Waals surface area contributed by atoms with Crippen molar-refractivity contribution in [2.24, 2.45) is 5.10 Å². The fraction of sp³-hybridized carbons (Fsp3) is 0.438. The van der Waals surface area contributed by atoms with Crippen molar-refractivity contribution < 1.29 is 9.47 Å². The Labute approximate surface area is 154 Å². The van der Waals surface area contributed by atoms with E-state index in [1.165, 1.54) is 0 Å². The first kappa shape index (κ1) is 17.3. The van der Waals surface area contributed by atoms with Gasteiger partial charge in [0.25, 0.3) is 0 Å². The Morgan fingerprint density at radius 2 is 2.38 bits per heavy atom. The monoisotopic (exact) mass is 410 g/mol. The minimum atomic E-state index is -0.0522. The maximum absolute atomic E-state index is 5.71. The molecule has 1 saturated heterocycles. The number of H-pyrrole nitrogens is 1. The summed E-state index contributed by atoms with van der Waals surface area (Å²) >= 11 is 8.79. The zero-order chi connectivity index (χ0) is 17.1. The Kier molecular flexibility index (Phi) is 5.47. The van der Waals surface area contributed by atoms with E-state index in [2.05, 4.69) is 31.2 Å². The van der Waals surface area contributed by atoms with E-state index in [4.69, 9.17) is 21.7 Å². The first-order chi connectivity index (χ1) is 11.5. The third-order valence-corrected chi connectivity index (χ3v) is 4.42. The second-order valence-corrected chi connectivity index (χ2v) is 7.04. The molecule has 0 aliphatic carbocycles. The molecule has 1 N–H and O–H groups in total. The van der Waals surface area contributed by atoms with Crippen molar-refractivity contribution in [1.82, 2.24) is 14.9 Å². The number of hydrogen-bond acceptors (Lipinski definition) is 5. The highest BCUT2D eigenvalue weighted by Crippen LogP contribution is 2.28. The second-order valence-electron chi connectivity index (χ2n) is 5.80. The van der Waals surface area contributed by atoms with Crippen LogP contribution in [0.2, 0.25) is 0 Å². The number of nitrogens with zero attached hydrogens (tertiary/aromatic N) is 3. The van der Waals surface area contributed by atoms with E-state index in [0.717, 1.165) is 35.2 Å². The molecule has 0 amide bonds. The number of aromatic amines is 1. The lowest BCUT2D eigenvalue weighted by molar-refractivity contribution is 0.102. The van der Waals surface area contributed by atoms with Crippen LogP contribution in [0.4, 0.5) is 0 Å². The van der Waals surface area contributed by atoms with Crippen LogP contribution in [0.5, 0.6) is 5.75 Å². The van der Waals surface area contributed by atoms with Gasteiger partial charge in [0.05, 0.1) is 16.8 Å². The predicted octanol–water partition coefficient (Wildman–Crippen LogP) is 4.22. The van der Waals surface area contributed by atoms with Crippen LogP contribution in [0, 0.1) is 4.77 Å². The fourth-order valence-electron chi connectivity index (χ4n) is 2.48. The van der Waals surface area contributed by atoms with Crippen molar-refractivity contribution in [1.29, 1.82) is 0 Å². The third kappa shape index (κ3) is 3.93. The number of benzene rings is 1. The van der Waals surface area contributed by atoms with Crippen molar-refractivity contribution in [3.05, 3.63) is 38.8 Å². The normalized spacial score (nSPS) is 17.9. The molecule has 2 heterocycles. The molecule has 1 aliphatic rings. The minimum absolute atomic E-state index is 0.0522. The summed E-state index contributed by atoms with van der Waals surface area (Å²) in [6, 6.07) is 5.82. The Hall–Kier alpha value is -1.51. The average Bonchev–Trinajstić information content (AvgIpc) is 3.17. The van der Waals surface area contributed by atoms with E-state index in [0.29, 0.717) is 10.6 Å². The zero-order valence-corrected chi connectivity index (χ0v) is 15.9.